The molecule has 6 heteroatoms. The fraction of sp³-hybridized carbons (Fsp3) is 0.385. The van der Waals surface area contributed by atoms with E-state index in [4.69, 9.17) is 23.1 Å². The topological polar surface area (TPSA) is 98.2 Å². The molecule has 1 saturated carbocycles. The van der Waals surface area contributed by atoms with E-state index in [1.165, 1.54) is 18.2 Å². The van der Waals surface area contributed by atoms with Gasteiger partial charge < -0.3 is 16.8 Å². The summed E-state index contributed by atoms with van der Waals surface area (Å²) in [6.45, 7) is 0. The SMILES string of the molecule is NC(=O)c1ccc(Cl)c(NC(=O)C2(N)CCCC2)c1. The van der Waals surface area contributed by atoms with Crippen molar-refractivity contribution in [2.75, 3.05) is 5.32 Å². The summed E-state index contributed by atoms with van der Waals surface area (Å²) in [5.41, 5.74) is 11.1. The number of anilines is 1. The molecule has 2 amide bonds. The first-order valence-corrected chi connectivity index (χ1v) is 6.50. The number of carbonyl (C=O) groups excluding carboxylic acids is 2. The molecular weight excluding hydrogens is 266 g/mol. The van der Waals surface area contributed by atoms with E-state index in [2.05, 4.69) is 5.32 Å². The predicted octanol–water partition coefficient (Wildman–Crippen LogP) is 1.65. The molecule has 0 atom stereocenters. The van der Waals surface area contributed by atoms with Crippen LogP contribution in [0.4, 0.5) is 5.69 Å². The molecule has 0 bridgehead atoms. The minimum absolute atomic E-state index is 0.270. The lowest BCUT2D eigenvalue weighted by Crippen LogP contribution is -2.48. The van der Waals surface area contributed by atoms with Crippen LogP contribution in [-0.2, 0) is 4.79 Å². The Balaban J connectivity index is 2.20. The van der Waals surface area contributed by atoms with Crippen LogP contribution < -0.4 is 16.8 Å². The third-order valence-corrected chi connectivity index (χ3v) is 3.78. The molecule has 1 aliphatic carbocycles. The molecule has 0 aliphatic heterocycles. The first-order chi connectivity index (χ1) is 8.92. The van der Waals surface area contributed by atoms with E-state index in [0.29, 0.717) is 23.6 Å². The number of carbonyl (C=O) groups is 2. The summed E-state index contributed by atoms with van der Waals surface area (Å²) in [5.74, 6) is -0.844. The van der Waals surface area contributed by atoms with Gasteiger partial charge in [-0.15, -0.1) is 0 Å². The standard InChI is InChI=1S/C13H16ClN3O2/c14-9-4-3-8(11(15)18)7-10(9)17-12(19)13(16)5-1-2-6-13/h3-4,7H,1-2,5-6,16H2,(H2,15,18)(H,17,19). The van der Waals surface area contributed by atoms with Crippen molar-refractivity contribution in [2.45, 2.75) is 31.2 Å². The molecular formula is C13H16ClN3O2. The molecule has 0 radical (unpaired) electrons. The van der Waals surface area contributed by atoms with Gasteiger partial charge in [0, 0.05) is 5.56 Å². The zero-order valence-corrected chi connectivity index (χ0v) is 11.2. The second-order valence-corrected chi connectivity index (χ2v) is 5.28. The maximum absolute atomic E-state index is 12.2. The van der Waals surface area contributed by atoms with Gasteiger partial charge in [0.15, 0.2) is 0 Å². The van der Waals surface area contributed by atoms with Crippen LogP contribution in [0, 0.1) is 0 Å². The summed E-state index contributed by atoms with van der Waals surface area (Å²) in [7, 11) is 0. The van der Waals surface area contributed by atoms with Crippen LogP contribution in [0.15, 0.2) is 18.2 Å². The lowest BCUT2D eigenvalue weighted by molar-refractivity contribution is -0.121. The average molecular weight is 282 g/mol. The first-order valence-electron chi connectivity index (χ1n) is 6.12. The fourth-order valence-corrected chi connectivity index (χ4v) is 2.42. The fourth-order valence-electron chi connectivity index (χ4n) is 2.25. The molecule has 2 rings (SSSR count). The molecule has 0 heterocycles. The molecule has 1 aliphatic rings. The van der Waals surface area contributed by atoms with Gasteiger partial charge in [-0.2, -0.15) is 0 Å². The van der Waals surface area contributed by atoms with Gasteiger partial charge in [0.1, 0.15) is 0 Å². The van der Waals surface area contributed by atoms with E-state index in [0.717, 1.165) is 12.8 Å². The number of halogens is 1. The van der Waals surface area contributed by atoms with Crippen molar-refractivity contribution in [1.29, 1.82) is 0 Å². The van der Waals surface area contributed by atoms with Crippen molar-refractivity contribution in [2.24, 2.45) is 11.5 Å². The zero-order chi connectivity index (χ0) is 14.0. The third kappa shape index (κ3) is 2.88. The highest BCUT2D eigenvalue weighted by atomic mass is 35.5. The highest BCUT2D eigenvalue weighted by Crippen LogP contribution is 2.30. The maximum atomic E-state index is 12.2. The second kappa shape index (κ2) is 5.19. The summed E-state index contributed by atoms with van der Waals surface area (Å²) in [6.07, 6.45) is 3.20. The monoisotopic (exact) mass is 281 g/mol. The summed E-state index contributed by atoms with van der Waals surface area (Å²) in [6, 6.07) is 4.49. The smallest absolute Gasteiger partial charge is 0.248 e. The molecule has 0 aromatic heterocycles. The van der Waals surface area contributed by atoms with Gasteiger partial charge in [-0.05, 0) is 31.0 Å². The van der Waals surface area contributed by atoms with Gasteiger partial charge in [-0.1, -0.05) is 24.4 Å². The van der Waals surface area contributed by atoms with Crippen molar-refractivity contribution in [3.63, 3.8) is 0 Å². The van der Waals surface area contributed by atoms with Crippen molar-refractivity contribution < 1.29 is 9.59 Å². The highest BCUT2D eigenvalue weighted by Gasteiger charge is 2.37. The molecule has 102 valence electrons. The summed E-state index contributed by atoms with van der Waals surface area (Å²) in [4.78, 5) is 23.3. The lowest BCUT2D eigenvalue weighted by Gasteiger charge is -2.22. The molecule has 19 heavy (non-hydrogen) atoms. The van der Waals surface area contributed by atoms with Gasteiger partial charge in [0.2, 0.25) is 11.8 Å². The minimum atomic E-state index is -0.841. The molecule has 0 unspecified atom stereocenters. The van der Waals surface area contributed by atoms with E-state index in [1.807, 2.05) is 0 Å². The highest BCUT2D eigenvalue weighted by molar-refractivity contribution is 6.34. The van der Waals surface area contributed by atoms with Crippen LogP contribution in [0.1, 0.15) is 36.0 Å². The minimum Gasteiger partial charge on any atom is -0.366 e. The number of benzene rings is 1. The predicted molar refractivity (Wildman–Crippen MR) is 74.0 cm³/mol. The van der Waals surface area contributed by atoms with Crippen LogP contribution in [0.25, 0.3) is 0 Å². The maximum Gasteiger partial charge on any atom is 0.248 e. The van der Waals surface area contributed by atoms with E-state index in [9.17, 15) is 9.59 Å². The molecule has 5 N–H and O–H groups in total. The van der Waals surface area contributed by atoms with Gasteiger partial charge in [-0.3, -0.25) is 9.59 Å². The summed E-state index contributed by atoms with van der Waals surface area (Å²) in [5, 5.41) is 3.03. The Morgan fingerprint density at radius 2 is 1.89 bits per heavy atom. The largest absolute Gasteiger partial charge is 0.366 e. The zero-order valence-electron chi connectivity index (χ0n) is 10.4. The Hall–Kier alpha value is -1.59. The van der Waals surface area contributed by atoms with Crippen LogP contribution in [0.3, 0.4) is 0 Å². The van der Waals surface area contributed by atoms with Gasteiger partial charge >= 0.3 is 0 Å². The summed E-state index contributed by atoms with van der Waals surface area (Å²) < 4.78 is 0. The van der Waals surface area contributed by atoms with E-state index < -0.39 is 11.4 Å². The number of nitrogens with two attached hydrogens (primary N) is 2. The quantitative estimate of drug-likeness (QED) is 0.785. The van der Waals surface area contributed by atoms with E-state index >= 15 is 0 Å². The molecule has 0 saturated heterocycles. The molecule has 1 aromatic carbocycles. The number of hydrogen-bond donors (Lipinski definition) is 3. The Morgan fingerprint density at radius 3 is 2.47 bits per heavy atom. The number of primary amides is 1. The van der Waals surface area contributed by atoms with Gasteiger partial charge in [0.05, 0.1) is 16.2 Å². The Bertz CT molecular complexity index is 525. The number of nitrogens with one attached hydrogen (secondary N) is 1. The molecule has 5 nitrogen and oxygen atoms in total. The first kappa shape index (κ1) is 13.8. The normalized spacial score (nSPS) is 17.2. The van der Waals surface area contributed by atoms with Crippen LogP contribution in [0.5, 0.6) is 0 Å². The van der Waals surface area contributed by atoms with E-state index in [-0.39, 0.29) is 11.5 Å². The average Bonchev–Trinajstić information content (AvgIpc) is 2.80. The Kier molecular flexibility index (Phi) is 3.78. The van der Waals surface area contributed by atoms with Crippen molar-refractivity contribution in [3.8, 4) is 0 Å². The third-order valence-electron chi connectivity index (χ3n) is 3.45. The van der Waals surface area contributed by atoms with Crippen molar-refractivity contribution >= 4 is 29.1 Å². The molecule has 0 spiro atoms. The Labute approximate surface area is 116 Å². The summed E-state index contributed by atoms with van der Waals surface area (Å²) >= 11 is 5.99. The van der Waals surface area contributed by atoms with Gasteiger partial charge in [0.25, 0.3) is 0 Å². The second-order valence-electron chi connectivity index (χ2n) is 4.88. The lowest BCUT2D eigenvalue weighted by atomic mass is 9.98. The number of amides is 2. The Morgan fingerprint density at radius 1 is 1.26 bits per heavy atom. The van der Waals surface area contributed by atoms with Gasteiger partial charge in [-0.25, -0.2) is 0 Å². The molecule has 1 fully saturated rings. The van der Waals surface area contributed by atoms with E-state index in [1.54, 1.807) is 0 Å². The molecule has 1 aromatic rings. The van der Waals surface area contributed by atoms with Crippen molar-refractivity contribution in [3.05, 3.63) is 28.8 Å². The number of hydrogen-bond acceptors (Lipinski definition) is 3. The van der Waals surface area contributed by atoms with Crippen molar-refractivity contribution in [1.82, 2.24) is 0 Å². The van der Waals surface area contributed by atoms with Crippen LogP contribution >= 0.6 is 11.6 Å². The van der Waals surface area contributed by atoms with Crippen LogP contribution in [0.2, 0.25) is 5.02 Å². The van der Waals surface area contributed by atoms with Crippen LogP contribution in [-0.4, -0.2) is 17.4 Å². The number of rotatable bonds is 3.